The number of phenolic OH excluding ortho intramolecular Hbond substituents is 1. The topological polar surface area (TPSA) is 60.8 Å². The van der Waals surface area contributed by atoms with E-state index in [0.29, 0.717) is 18.9 Å². The summed E-state index contributed by atoms with van der Waals surface area (Å²) in [7, 11) is 0. The molecule has 0 atom stereocenters. The van der Waals surface area contributed by atoms with E-state index in [0.717, 1.165) is 6.42 Å². The van der Waals surface area contributed by atoms with Gasteiger partial charge in [-0.05, 0) is 25.3 Å². The van der Waals surface area contributed by atoms with Crippen LogP contribution in [0.5, 0.6) is 5.75 Å². The molecular weight excluding hydrogens is 275 g/mol. The van der Waals surface area contributed by atoms with Crippen molar-refractivity contribution in [2.45, 2.75) is 25.3 Å². The van der Waals surface area contributed by atoms with Crippen molar-refractivity contribution in [3.8, 4) is 5.75 Å². The van der Waals surface area contributed by atoms with E-state index in [1.807, 2.05) is 0 Å². The summed E-state index contributed by atoms with van der Waals surface area (Å²) >= 11 is 0. The van der Waals surface area contributed by atoms with E-state index < -0.39 is 34.7 Å². The van der Waals surface area contributed by atoms with Gasteiger partial charge in [0.05, 0.1) is 12.2 Å². The maximum absolute atomic E-state index is 13.7. The average Bonchev–Trinajstić information content (AvgIpc) is 2.37. The number of rotatable bonds is 4. The molecule has 0 radical (unpaired) electrons. The van der Waals surface area contributed by atoms with Gasteiger partial charge in [-0.1, -0.05) is 0 Å². The molecule has 0 aromatic heterocycles. The standard InChI is InChI=1S/C13H14F3NO3/c14-9-6-8(10(15)12(19)11(9)16)13(20)17(4-5-18)7-2-1-3-7/h6-7,18-19H,1-5H2. The first kappa shape index (κ1) is 14.6. The molecule has 1 saturated carbocycles. The Morgan fingerprint density at radius 1 is 1.30 bits per heavy atom. The second kappa shape index (κ2) is 5.70. The molecule has 1 aliphatic carbocycles. The lowest BCUT2D eigenvalue weighted by atomic mass is 9.91. The molecule has 20 heavy (non-hydrogen) atoms. The zero-order chi connectivity index (χ0) is 14.9. The number of benzene rings is 1. The van der Waals surface area contributed by atoms with Crippen molar-refractivity contribution in [3.05, 3.63) is 29.1 Å². The molecule has 7 heteroatoms. The van der Waals surface area contributed by atoms with Crippen LogP contribution in [0.1, 0.15) is 29.6 Å². The summed E-state index contributed by atoms with van der Waals surface area (Å²) in [5.74, 6) is -7.08. The number of nitrogens with zero attached hydrogens (tertiary/aromatic N) is 1. The maximum Gasteiger partial charge on any atom is 0.257 e. The third-order valence-corrected chi connectivity index (χ3v) is 3.48. The lowest BCUT2D eigenvalue weighted by Crippen LogP contribution is -2.46. The second-order valence-corrected chi connectivity index (χ2v) is 4.69. The van der Waals surface area contributed by atoms with Crippen LogP contribution in [0, 0.1) is 17.5 Å². The van der Waals surface area contributed by atoms with Gasteiger partial charge in [-0.25, -0.2) is 8.78 Å². The van der Waals surface area contributed by atoms with Crippen LogP contribution in [0.15, 0.2) is 6.07 Å². The number of aromatic hydroxyl groups is 1. The monoisotopic (exact) mass is 289 g/mol. The molecule has 0 aliphatic heterocycles. The van der Waals surface area contributed by atoms with E-state index >= 15 is 0 Å². The molecule has 1 amide bonds. The molecule has 0 spiro atoms. The number of amides is 1. The Morgan fingerprint density at radius 2 is 1.95 bits per heavy atom. The Labute approximate surface area is 113 Å². The summed E-state index contributed by atoms with van der Waals surface area (Å²) < 4.78 is 39.9. The Morgan fingerprint density at radius 3 is 2.45 bits per heavy atom. The van der Waals surface area contributed by atoms with Gasteiger partial charge < -0.3 is 15.1 Å². The van der Waals surface area contributed by atoms with Crippen molar-refractivity contribution in [3.63, 3.8) is 0 Å². The van der Waals surface area contributed by atoms with Crippen LogP contribution in [0.2, 0.25) is 0 Å². The highest BCUT2D eigenvalue weighted by atomic mass is 19.2. The van der Waals surface area contributed by atoms with E-state index in [1.165, 1.54) is 4.90 Å². The fraction of sp³-hybridized carbons (Fsp3) is 0.462. The molecule has 0 heterocycles. The lowest BCUT2D eigenvalue weighted by molar-refractivity contribution is 0.0519. The molecule has 0 bridgehead atoms. The summed E-state index contributed by atoms with van der Waals surface area (Å²) in [5.41, 5.74) is -0.734. The number of aliphatic hydroxyl groups is 1. The predicted octanol–water partition coefficient (Wildman–Crippen LogP) is 1.80. The fourth-order valence-corrected chi connectivity index (χ4v) is 2.16. The van der Waals surface area contributed by atoms with Gasteiger partial charge in [-0.15, -0.1) is 0 Å². The minimum absolute atomic E-state index is 0.0251. The summed E-state index contributed by atoms with van der Waals surface area (Å²) in [6.45, 7) is -0.345. The number of halogens is 3. The largest absolute Gasteiger partial charge is 0.503 e. The van der Waals surface area contributed by atoms with E-state index in [4.69, 9.17) is 10.2 Å². The maximum atomic E-state index is 13.7. The normalized spacial score (nSPS) is 15.0. The third-order valence-electron chi connectivity index (χ3n) is 3.48. The van der Waals surface area contributed by atoms with Gasteiger partial charge in [0.25, 0.3) is 5.91 Å². The van der Waals surface area contributed by atoms with E-state index in [-0.39, 0.29) is 19.2 Å². The van der Waals surface area contributed by atoms with Crippen molar-refractivity contribution < 1.29 is 28.2 Å². The number of aliphatic hydroxyl groups excluding tert-OH is 1. The SMILES string of the molecule is O=C(c1cc(F)c(F)c(O)c1F)N(CCO)C1CCC1. The molecule has 0 unspecified atom stereocenters. The zero-order valence-corrected chi connectivity index (χ0v) is 10.6. The Hall–Kier alpha value is -1.76. The van der Waals surface area contributed by atoms with Crippen LogP contribution in [0.3, 0.4) is 0 Å². The fourth-order valence-electron chi connectivity index (χ4n) is 2.16. The molecule has 1 fully saturated rings. The highest BCUT2D eigenvalue weighted by Gasteiger charge is 2.32. The number of hydrogen-bond acceptors (Lipinski definition) is 3. The molecule has 2 rings (SSSR count). The van der Waals surface area contributed by atoms with Gasteiger partial charge in [0.2, 0.25) is 5.82 Å². The van der Waals surface area contributed by atoms with Crippen LogP contribution in [-0.2, 0) is 0 Å². The first-order chi connectivity index (χ1) is 9.47. The van der Waals surface area contributed by atoms with Crippen LogP contribution in [0.4, 0.5) is 13.2 Å². The lowest BCUT2D eigenvalue weighted by Gasteiger charge is -2.37. The van der Waals surface area contributed by atoms with Crippen molar-refractivity contribution in [1.29, 1.82) is 0 Å². The third kappa shape index (κ3) is 2.45. The Balaban J connectivity index is 2.36. The first-order valence-electron chi connectivity index (χ1n) is 6.25. The molecule has 1 aliphatic rings. The Kier molecular flexibility index (Phi) is 4.17. The number of phenols is 1. The van der Waals surface area contributed by atoms with Gasteiger partial charge in [0.15, 0.2) is 17.4 Å². The molecule has 1 aromatic rings. The summed E-state index contributed by atoms with van der Waals surface area (Å²) in [4.78, 5) is 13.4. The van der Waals surface area contributed by atoms with Gasteiger partial charge in [-0.3, -0.25) is 4.79 Å². The molecule has 110 valence electrons. The number of carbonyl (C=O) groups is 1. The minimum Gasteiger partial charge on any atom is -0.503 e. The van der Waals surface area contributed by atoms with E-state index in [1.54, 1.807) is 0 Å². The van der Waals surface area contributed by atoms with Crippen molar-refractivity contribution >= 4 is 5.91 Å². The zero-order valence-electron chi connectivity index (χ0n) is 10.6. The van der Waals surface area contributed by atoms with Crippen LogP contribution >= 0.6 is 0 Å². The van der Waals surface area contributed by atoms with Crippen LogP contribution in [0.25, 0.3) is 0 Å². The second-order valence-electron chi connectivity index (χ2n) is 4.69. The summed E-state index contributed by atoms with van der Waals surface area (Å²) in [6.07, 6.45) is 2.33. The van der Waals surface area contributed by atoms with E-state index in [9.17, 15) is 18.0 Å². The summed E-state index contributed by atoms with van der Waals surface area (Å²) in [5, 5.41) is 18.1. The quantitative estimate of drug-likeness (QED) is 0.831. The number of carbonyl (C=O) groups excluding carboxylic acids is 1. The first-order valence-corrected chi connectivity index (χ1v) is 6.25. The smallest absolute Gasteiger partial charge is 0.257 e. The highest BCUT2D eigenvalue weighted by molar-refractivity contribution is 5.95. The van der Waals surface area contributed by atoms with Gasteiger partial charge in [0.1, 0.15) is 0 Å². The van der Waals surface area contributed by atoms with Gasteiger partial charge >= 0.3 is 0 Å². The van der Waals surface area contributed by atoms with E-state index in [2.05, 4.69) is 0 Å². The number of hydrogen-bond donors (Lipinski definition) is 2. The van der Waals surface area contributed by atoms with Crippen molar-refractivity contribution in [1.82, 2.24) is 4.90 Å². The molecule has 2 N–H and O–H groups in total. The van der Waals surface area contributed by atoms with Crippen molar-refractivity contribution in [2.75, 3.05) is 13.2 Å². The average molecular weight is 289 g/mol. The Bertz CT molecular complexity index is 532. The molecule has 4 nitrogen and oxygen atoms in total. The summed E-state index contributed by atoms with van der Waals surface area (Å²) in [6, 6.07) is 0.278. The van der Waals surface area contributed by atoms with Gasteiger partial charge in [-0.2, -0.15) is 4.39 Å². The van der Waals surface area contributed by atoms with Crippen molar-refractivity contribution in [2.24, 2.45) is 0 Å². The molecular formula is C13H14F3NO3. The highest BCUT2D eigenvalue weighted by Crippen LogP contribution is 2.30. The van der Waals surface area contributed by atoms with Crippen LogP contribution in [-0.4, -0.2) is 40.2 Å². The molecule has 1 aromatic carbocycles. The molecule has 0 saturated heterocycles. The minimum atomic E-state index is -1.73. The predicted molar refractivity (Wildman–Crippen MR) is 63.7 cm³/mol. The van der Waals surface area contributed by atoms with Gasteiger partial charge in [0, 0.05) is 12.6 Å². The van der Waals surface area contributed by atoms with Crippen LogP contribution < -0.4 is 0 Å².